The smallest absolute Gasteiger partial charge is 0.135 e. The fraction of sp³-hybridized carbons (Fsp3) is 0.889. The van der Waals surface area contributed by atoms with E-state index < -0.39 is 0 Å². The highest BCUT2D eigenvalue weighted by atomic mass is 16.5. The maximum Gasteiger partial charge on any atom is 0.135 e. The molecule has 2 nitrogen and oxygen atoms in total. The number of carbonyl (C=O) groups excluding carboxylic acids is 1. The lowest BCUT2D eigenvalue weighted by Gasteiger charge is -2.05. The van der Waals surface area contributed by atoms with Gasteiger partial charge in [0.2, 0.25) is 0 Å². The van der Waals surface area contributed by atoms with Gasteiger partial charge >= 0.3 is 0 Å². The van der Waals surface area contributed by atoms with E-state index in [0.29, 0.717) is 11.7 Å². The van der Waals surface area contributed by atoms with Crippen LogP contribution in [0.3, 0.4) is 0 Å². The minimum absolute atomic E-state index is 0.366. The maximum atomic E-state index is 11.1. The van der Waals surface area contributed by atoms with Crippen molar-refractivity contribution in [3.05, 3.63) is 0 Å². The molecule has 0 amide bonds. The van der Waals surface area contributed by atoms with Gasteiger partial charge in [-0.1, -0.05) is 0 Å². The molecule has 1 unspecified atom stereocenters. The van der Waals surface area contributed by atoms with Crippen LogP contribution in [0.4, 0.5) is 0 Å². The zero-order valence-corrected chi connectivity index (χ0v) is 7.14. The Labute approximate surface area is 67.9 Å². The van der Waals surface area contributed by atoms with Crippen LogP contribution in [-0.4, -0.2) is 19.5 Å². The van der Waals surface area contributed by atoms with Gasteiger partial charge in [-0.15, -0.1) is 0 Å². The quantitative estimate of drug-likeness (QED) is 0.580. The second-order valence-electron chi connectivity index (χ2n) is 3.19. The molecule has 1 rings (SSSR count). The first kappa shape index (κ1) is 8.72. The summed E-state index contributed by atoms with van der Waals surface area (Å²) < 4.78 is 4.93. The van der Waals surface area contributed by atoms with E-state index >= 15 is 0 Å². The first-order valence-corrected chi connectivity index (χ1v) is 4.36. The Kier molecular flexibility index (Phi) is 3.57. The van der Waals surface area contributed by atoms with Crippen molar-refractivity contribution in [2.24, 2.45) is 5.92 Å². The molecule has 0 aromatic heterocycles. The molecule has 1 atom stereocenters. The first-order chi connectivity index (χ1) is 5.34. The molecular weight excluding hydrogens is 140 g/mol. The van der Waals surface area contributed by atoms with Crippen molar-refractivity contribution in [2.45, 2.75) is 32.1 Å². The summed E-state index contributed by atoms with van der Waals surface area (Å²) in [6.07, 6.45) is 5.11. The van der Waals surface area contributed by atoms with E-state index in [9.17, 15) is 4.79 Å². The van der Waals surface area contributed by atoms with Crippen molar-refractivity contribution in [3.8, 4) is 0 Å². The second kappa shape index (κ2) is 4.50. The van der Waals surface area contributed by atoms with Gasteiger partial charge in [0.1, 0.15) is 5.78 Å². The summed E-state index contributed by atoms with van der Waals surface area (Å²) in [6, 6.07) is 0. The molecule has 1 saturated carbocycles. The third-order valence-electron chi connectivity index (χ3n) is 2.33. The number of rotatable bonds is 4. The topological polar surface area (TPSA) is 26.3 Å². The van der Waals surface area contributed by atoms with Gasteiger partial charge in [-0.3, -0.25) is 4.79 Å². The predicted octanol–water partition coefficient (Wildman–Crippen LogP) is 1.78. The van der Waals surface area contributed by atoms with Crippen molar-refractivity contribution in [2.75, 3.05) is 13.7 Å². The molecule has 0 radical (unpaired) electrons. The molecular formula is C9H16O2. The van der Waals surface area contributed by atoms with Gasteiger partial charge in [0, 0.05) is 26.1 Å². The molecule has 0 bridgehead atoms. The molecule has 0 saturated heterocycles. The van der Waals surface area contributed by atoms with Gasteiger partial charge in [0.15, 0.2) is 0 Å². The van der Waals surface area contributed by atoms with Gasteiger partial charge in [-0.05, 0) is 25.7 Å². The fourth-order valence-corrected chi connectivity index (χ4v) is 1.67. The van der Waals surface area contributed by atoms with E-state index in [0.717, 1.165) is 38.7 Å². The molecule has 0 heterocycles. The third kappa shape index (κ3) is 2.62. The zero-order chi connectivity index (χ0) is 8.10. The standard InChI is InChI=1S/C9H16O2/c1-11-7-3-5-8-4-2-6-9(8)10/h8H,2-7H2,1H3. The van der Waals surface area contributed by atoms with Crippen molar-refractivity contribution in [1.82, 2.24) is 0 Å². The molecule has 1 fully saturated rings. The SMILES string of the molecule is COCCCC1CCCC1=O. The van der Waals surface area contributed by atoms with Crippen LogP contribution >= 0.6 is 0 Å². The van der Waals surface area contributed by atoms with Crippen LogP contribution in [0.5, 0.6) is 0 Å². The molecule has 0 spiro atoms. The average molecular weight is 156 g/mol. The van der Waals surface area contributed by atoms with E-state index in [2.05, 4.69) is 0 Å². The van der Waals surface area contributed by atoms with E-state index in [4.69, 9.17) is 4.74 Å². The molecule has 0 aliphatic heterocycles. The van der Waals surface area contributed by atoms with Crippen molar-refractivity contribution in [1.29, 1.82) is 0 Å². The molecule has 1 aliphatic carbocycles. The Morgan fingerprint density at radius 2 is 2.45 bits per heavy atom. The summed E-state index contributed by atoms with van der Waals surface area (Å²) in [5.74, 6) is 0.839. The van der Waals surface area contributed by atoms with Crippen LogP contribution in [0, 0.1) is 5.92 Å². The Morgan fingerprint density at radius 1 is 1.64 bits per heavy atom. The van der Waals surface area contributed by atoms with Crippen LogP contribution in [0.2, 0.25) is 0 Å². The molecule has 0 N–H and O–H groups in total. The van der Waals surface area contributed by atoms with Gasteiger partial charge in [0.05, 0.1) is 0 Å². The fourth-order valence-electron chi connectivity index (χ4n) is 1.67. The lowest BCUT2D eigenvalue weighted by atomic mass is 10.0. The number of carbonyl (C=O) groups is 1. The van der Waals surface area contributed by atoms with Crippen molar-refractivity contribution < 1.29 is 9.53 Å². The van der Waals surface area contributed by atoms with Gasteiger partial charge in [-0.2, -0.15) is 0 Å². The lowest BCUT2D eigenvalue weighted by molar-refractivity contribution is -0.120. The second-order valence-corrected chi connectivity index (χ2v) is 3.19. The highest BCUT2D eigenvalue weighted by Crippen LogP contribution is 2.25. The number of hydrogen-bond donors (Lipinski definition) is 0. The van der Waals surface area contributed by atoms with Crippen LogP contribution in [0.15, 0.2) is 0 Å². The Bertz CT molecular complexity index is 132. The lowest BCUT2D eigenvalue weighted by Crippen LogP contribution is -2.06. The van der Waals surface area contributed by atoms with E-state index in [-0.39, 0.29) is 0 Å². The highest BCUT2D eigenvalue weighted by molar-refractivity contribution is 5.82. The molecule has 64 valence electrons. The Hall–Kier alpha value is -0.370. The van der Waals surface area contributed by atoms with E-state index in [1.807, 2.05) is 0 Å². The highest BCUT2D eigenvalue weighted by Gasteiger charge is 2.23. The average Bonchev–Trinajstić information content (AvgIpc) is 2.37. The third-order valence-corrected chi connectivity index (χ3v) is 2.33. The Balaban J connectivity index is 2.10. The zero-order valence-electron chi connectivity index (χ0n) is 7.14. The monoisotopic (exact) mass is 156 g/mol. The minimum Gasteiger partial charge on any atom is -0.385 e. The van der Waals surface area contributed by atoms with Crippen molar-refractivity contribution >= 4 is 5.78 Å². The van der Waals surface area contributed by atoms with Crippen LogP contribution in [0.25, 0.3) is 0 Å². The molecule has 0 aromatic carbocycles. The number of Topliss-reactive ketones (excluding diaryl/α,β-unsaturated/α-hetero) is 1. The molecule has 1 aliphatic rings. The summed E-state index contributed by atoms with van der Waals surface area (Å²) >= 11 is 0. The summed E-state index contributed by atoms with van der Waals surface area (Å²) in [7, 11) is 1.70. The van der Waals surface area contributed by atoms with Crippen LogP contribution in [-0.2, 0) is 9.53 Å². The Morgan fingerprint density at radius 3 is 3.00 bits per heavy atom. The van der Waals surface area contributed by atoms with E-state index in [1.165, 1.54) is 0 Å². The molecule has 0 aromatic rings. The summed E-state index contributed by atoms with van der Waals surface area (Å²) in [4.78, 5) is 11.1. The number of hydrogen-bond acceptors (Lipinski definition) is 2. The number of ether oxygens (including phenoxy) is 1. The molecule has 11 heavy (non-hydrogen) atoms. The maximum absolute atomic E-state index is 11.1. The van der Waals surface area contributed by atoms with Crippen LogP contribution < -0.4 is 0 Å². The summed E-state index contributed by atoms with van der Waals surface area (Å²) in [6.45, 7) is 0.795. The summed E-state index contributed by atoms with van der Waals surface area (Å²) in [5, 5.41) is 0. The van der Waals surface area contributed by atoms with Crippen LogP contribution in [0.1, 0.15) is 32.1 Å². The summed E-state index contributed by atoms with van der Waals surface area (Å²) in [5.41, 5.74) is 0. The minimum atomic E-state index is 0.366. The van der Waals surface area contributed by atoms with Gasteiger partial charge < -0.3 is 4.74 Å². The van der Waals surface area contributed by atoms with Gasteiger partial charge in [-0.25, -0.2) is 0 Å². The number of methoxy groups -OCH3 is 1. The predicted molar refractivity (Wildman–Crippen MR) is 43.5 cm³/mol. The van der Waals surface area contributed by atoms with Gasteiger partial charge in [0.25, 0.3) is 0 Å². The van der Waals surface area contributed by atoms with E-state index in [1.54, 1.807) is 7.11 Å². The van der Waals surface area contributed by atoms with Crippen molar-refractivity contribution in [3.63, 3.8) is 0 Å². The number of ketones is 1. The molecule has 2 heteroatoms. The first-order valence-electron chi connectivity index (χ1n) is 4.36. The normalized spacial score (nSPS) is 24.5. The largest absolute Gasteiger partial charge is 0.385 e.